The van der Waals surface area contributed by atoms with E-state index in [0.717, 1.165) is 22.0 Å². The van der Waals surface area contributed by atoms with Crippen LogP contribution in [-0.4, -0.2) is 57.4 Å². The molecule has 2 aliphatic heterocycles. The van der Waals surface area contributed by atoms with Crippen LogP contribution in [0.15, 0.2) is 66.9 Å². The van der Waals surface area contributed by atoms with Crippen LogP contribution < -0.4 is 5.32 Å². The fourth-order valence-electron chi connectivity index (χ4n) is 3.98. The fraction of sp³-hybridized carbons (Fsp3) is 0.0833. The number of aromatic nitrogens is 1. The largest absolute Gasteiger partial charge is 0.321 e. The van der Waals surface area contributed by atoms with Crippen molar-refractivity contribution in [1.29, 1.82) is 0 Å². The Morgan fingerprint density at radius 3 is 2.27 bits per heavy atom. The summed E-state index contributed by atoms with van der Waals surface area (Å²) in [5.74, 6) is -2.48. The van der Waals surface area contributed by atoms with Gasteiger partial charge in [0.2, 0.25) is 0 Å². The van der Waals surface area contributed by atoms with Gasteiger partial charge in [-0.05, 0) is 35.7 Å². The zero-order chi connectivity index (χ0) is 23.1. The second kappa shape index (κ2) is 7.79. The van der Waals surface area contributed by atoms with Gasteiger partial charge in [0.05, 0.1) is 5.56 Å². The molecule has 1 N–H and O–H groups in total. The number of amides is 5. The smallest absolute Gasteiger partial charge is 0.274 e. The van der Waals surface area contributed by atoms with Crippen LogP contribution in [0.3, 0.4) is 0 Å². The van der Waals surface area contributed by atoms with E-state index in [9.17, 15) is 24.0 Å². The molecule has 0 fully saturated rings. The summed E-state index contributed by atoms with van der Waals surface area (Å²) in [7, 11) is 0. The van der Waals surface area contributed by atoms with Crippen molar-refractivity contribution in [3.05, 3.63) is 83.7 Å². The lowest BCUT2D eigenvalue weighted by molar-refractivity contribution is -0.136. The number of rotatable bonds is 5. The fourth-order valence-corrected chi connectivity index (χ4v) is 3.98. The van der Waals surface area contributed by atoms with Crippen molar-refractivity contribution in [1.82, 2.24) is 14.8 Å². The normalized spacial score (nSPS) is 15.0. The Morgan fingerprint density at radius 1 is 0.818 bits per heavy atom. The lowest BCUT2D eigenvalue weighted by Gasteiger charge is -2.28. The number of anilines is 1. The average molecular weight is 440 g/mol. The van der Waals surface area contributed by atoms with Gasteiger partial charge in [-0.15, -0.1) is 0 Å². The Balaban J connectivity index is 1.47. The minimum absolute atomic E-state index is 0.108. The van der Waals surface area contributed by atoms with Crippen molar-refractivity contribution in [2.45, 2.75) is 0 Å². The first-order chi connectivity index (χ1) is 15.9. The Labute approximate surface area is 187 Å². The molecular formula is C24H16N4O5. The van der Waals surface area contributed by atoms with Crippen LogP contribution in [0.2, 0.25) is 0 Å². The van der Waals surface area contributed by atoms with Crippen molar-refractivity contribution in [3.8, 4) is 0 Å². The molecule has 3 aromatic rings. The molecular weight excluding hydrogens is 424 g/mol. The molecule has 9 nitrogen and oxygen atoms in total. The van der Waals surface area contributed by atoms with E-state index < -0.39 is 29.5 Å². The number of pyridine rings is 1. The molecule has 0 spiro atoms. The molecule has 5 amide bonds. The van der Waals surface area contributed by atoms with Crippen molar-refractivity contribution < 1.29 is 24.0 Å². The SMILES string of the molecule is O=C(Nc1cc2c3c(cccc3c1)C(=O)N(CCN1C(=O)C=CC1=O)C2=O)c1ccccn1. The third-order valence-corrected chi connectivity index (χ3v) is 5.53. The van der Waals surface area contributed by atoms with E-state index in [1.54, 1.807) is 42.5 Å². The number of nitrogens with one attached hydrogen (secondary N) is 1. The summed E-state index contributed by atoms with van der Waals surface area (Å²) in [4.78, 5) is 68.5. The number of imide groups is 2. The molecule has 5 rings (SSSR count). The average Bonchev–Trinajstić information content (AvgIpc) is 3.15. The minimum atomic E-state index is -0.565. The zero-order valence-electron chi connectivity index (χ0n) is 17.1. The number of carbonyl (C=O) groups is 5. The van der Waals surface area contributed by atoms with Gasteiger partial charge in [-0.1, -0.05) is 18.2 Å². The van der Waals surface area contributed by atoms with E-state index in [1.807, 2.05) is 0 Å². The molecule has 162 valence electrons. The number of carbonyl (C=O) groups excluding carboxylic acids is 5. The highest BCUT2D eigenvalue weighted by molar-refractivity contribution is 6.26. The number of nitrogens with zero attached hydrogens (tertiary/aromatic N) is 3. The lowest BCUT2D eigenvalue weighted by Crippen LogP contribution is -2.45. The van der Waals surface area contributed by atoms with Gasteiger partial charge in [-0.25, -0.2) is 0 Å². The van der Waals surface area contributed by atoms with Crippen LogP contribution in [-0.2, 0) is 9.59 Å². The van der Waals surface area contributed by atoms with Crippen LogP contribution in [0.5, 0.6) is 0 Å². The quantitative estimate of drug-likeness (QED) is 0.607. The van der Waals surface area contributed by atoms with Gasteiger partial charge in [0, 0.05) is 48.1 Å². The summed E-state index contributed by atoms with van der Waals surface area (Å²) >= 11 is 0. The van der Waals surface area contributed by atoms with Gasteiger partial charge in [0.15, 0.2) is 0 Å². The lowest BCUT2D eigenvalue weighted by atomic mass is 9.93. The van der Waals surface area contributed by atoms with Crippen molar-refractivity contribution in [2.24, 2.45) is 0 Å². The molecule has 2 aliphatic rings. The Morgan fingerprint density at radius 2 is 1.55 bits per heavy atom. The number of benzene rings is 2. The monoisotopic (exact) mass is 440 g/mol. The second-order valence-corrected chi connectivity index (χ2v) is 7.52. The van der Waals surface area contributed by atoms with E-state index in [4.69, 9.17) is 0 Å². The van der Waals surface area contributed by atoms with Crippen LogP contribution in [0.4, 0.5) is 5.69 Å². The molecule has 1 aromatic heterocycles. The highest BCUT2D eigenvalue weighted by atomic mass is 16.2. The topological polar surface area (TPSA) is 117 Å². The molecule has 0 radical (unpaired) electrons. The summed E-state index contributed by atoms with van der Waals surface area (Å²) in [6.07, 6.45) is 3.80. The molecule has 0 aliphatic carbocycles. The first-order valence-corrected chi connectivity index (χ1v) is 10.1. The Hall–Kier alpha value is -4.66. The maximum Gasteiger partial charge on any atom is 0.274 e. The standard InChI is InChI=1S/C24H16N4O5/c29-19-7-8-20(30)27(19)10-11-28-23(32)16-5-3-4-14-12-15(13-17(21(14)16)24(28)33)26-22(31)18-6-1-2-9-25-18/h1-9,12-13H,10-11H2,(H,26,31). The van der Waals surface area contributed by atoms with E-state index in [-0.39, 0.29) is 24.3 Å². The molecule has 0 bridgehead atoms. The Kier molecular flexibility index (Phi) is 4.78. The molecule has 9 heteroatoms. The zero-order valence-corrected chi connectivity index (χ0v) is 17.1. The van der Waals surface area contributed by atoms with E-state index in [1.165, 1.54) is 12.3 Å². The van der Waals surface area contributed by atoms with Gasteiger partial charge >= 0.3 is 0 Å². The number of hydrogen-bond acceptors (Lipinski definition) is 6. The van der Waals surface area contributed by atoms with Gasteiger partial charge in [-0.3, -0.25) is 38.8 Å². The van der Waals surface area contributed by atoms with Crippen molar-refractivity contribution >= 4 is 46.0 Å². The molecule has 33 heavy (non-hydrogen) atoms. The van der Waals surface area contributed by atoms with E-state index >= 15 is 0 Å². The maximum absolute atomic E-state index is 13.3. The summed E-state index contributed by atoms with van der Waals surface area (Å²) in [5, 5.41) is 3.86. The van der Waals surface area contributed by atoms with Gasteiger partial charge in [0.25, 0.3) is 29.5 Å². The van der Waals surface area contributed by atoms with E-state index in [0.29, 0.717) is 22.0 Å². The van der Waals surface area contributed by atoms with Gasteiger partial charge < -0.3 is 5.32 Å². The molecule has 0 saturated heterocycles. The van der Waals surface area contributed by atoms with Crippen molar-refractivity contribution in [2.75, 3.05) is 18.4 Å². The third-order valence-electron chi connectivity index (χ3n) is 5.53. The maximum atomic E-state index is 13.3. The predicted molar refractivity (Wildman–Crippen MR) is 117 cm³/mol. The number of hydrogen-bond donors (Lipinski definition) is 1. The Bertz CT molecular complexity index is 1380. The van der Waals surface area contributed by atoms with Crippen molar-refractivity contribution in [3.63, 3.8) is 0 Å². The van der Waals surface area contributed by atoms with Crippen LogP contribution >= 0.6 is 0 Å². The molecule has 0 atom stereocenters. The molecule has 3 heterocycles. The minimum Gasteiger partial charge on any atom is -0.321 e. The first-order valence-electron chi connectivity index (χ1n) is 10.1. The predicted octanol–water partition coefficient (Wildman–Crippen LogP) is 2.01. The van der Waals surface area contributed by atoms with Gasteiger partial charge in [0.1, 0.15) is 5.69 Å². The van der Waals surface area contributed by atoms with Crippen LogP contribution in [0.1, 0.15) is 31.2 Å². The molecule has 0 unspecified atom stereocenters. The summed E-state index contributed by atoms with van der Waals surface area (Å²) in [6, 6.07) is 13.2. The summed E-state index contributed by atoms with van der Waals surface area (Å²) in [6.45, 7) is -0.249. The summed E-state index contributed by atoms with van der Waals surface area (Å²) < 4.78 is 0. The molecule has 0 saturated carbocycles. The summed E-state index contributed by atoms with van der Waals surface area (Å²) in [5.41, 5.74) is 1.18. The van der Waals surface area contributed by atoms with Gasteiger partial charge in [-0.2, -0.15) is 0 Å². The first kappa shape index (κ1) is 20.3. The molecule has 2 aromatic carbocycles. The third kappa shape index (κ3) is 3.45. The van der Waals surface area contributed by atoms with E-state index in [2.05, 4.69) is 10.3 Å². The van der Waals surface area contributed by atoms with Crippen LogP contribution in [0.25, 0.3) is 10.8 Å². The van der Waals surface area contributed by atoms with Crippen LogP contribution in [0, 0.1) is 0 Å². The highest BCUT2D eigenvalue weighted by Crippen LogP contribution is 2.33. The highest BCUT2D eigenvalue weighted by Gasteiger charge is 2.34. The second-order valence-electron chi connectivity index (χ2n) is 7.52.